The molecule has 1 aliphatic carbocycles. The standard InChI is InChI=1S/C20H34N4O3/c1-23-13-20(6-7-20)12-16(18(25)22-27)17(23)19(26)24-10-4-15(5-11-24)14-2-8-21-9-3-14/h14-17,21,27H,2-13H2,1H3,(H,22,25). The number of amides is 2. The molecule has 1 spiro atoms. The second-order valence-electron chi connectivity index (χ2n) is 9.40. The molecule has 3 aliphatic heterocycles. The third kappa shape index (κ3) is 3.87. The Morgan fingerprint density at radius 1 is 1.07 bits per heavy atom. The van der Waals surface area contributed by atoms with E-state index in [1.165, 1.54) is 12.8 Å². The van der Waals surface area contributed by atoms with Crippen molar-refractivity contribution in [3.63, 3.8) is 0 Å². The van der Waals surface area contributed by atoms with Crippen LogP contribution in [0.15, 0.2) is 0 Å². The summed E-state index contributed by atoms with van der Waals surface area (Å²) in [5, 5.41) is 12.6. The SMILES string of the molecule is CN1CC2(CC2)CC(C(=O)NO)C1C(=O)N1CCC(C2CCNCC2)CC1. The van der Waals surface area contributed by atoms with E-state index in [1.807, 2.05) is 17.4 Å². The Balaban J connectivity index is 1.39. The lowest BCUT2D eigenvalue weighted by molar-refractivity contribution is -0.151. The fourth-order valence-electron chi connectivity index (χ4n) is 5.89. The predicted molar refractivity (Wildman–Crippen MR) is 101 cm³/mol. The zero-order valence-corrected chi connectivity index (χ0v) is 16.5. The van der Waals surface area contributed by atoms with Crippen molar-refractivity contribution in [2.75, 3.05) is 39.8 Å². The second kappa shape index (κ2) is 7.68. The zero-order valence-electron chi connectivity index (χ0n) is 16.5. The first-order valence-electron chi connectivity index (χ1n) is 10.7. The molecule has 0 bridgehead atoms. The molecule has 2 unspecified atom stereocenters. The molecular formula is C20H34N4O3. The Labute approximate surface area is 161 Å². The molecule has 27 heavy (non-hydrogen) atoms. The highest BCUT2D eigenvalue weighted by molar-refractivity contribution is 5.90. The van der Waals surface area contributed by atoms with Crippen LogP contribution in [0.2, 0.25) is 0 Å². The van der Waals surface area contributed by atoms with Crippen LogP contribution >= 0.6 is 0 Å². The van der Waals surface area contributed by atoms with Crippen molar-refractivity contribution < 1.29 is 14.8 Å². The van der Waals surface area contributed by atoms with Crippen molar-refractivity contribution in [2.24, 2.45) is 23.2 Å². The highest BCUT2D eigenvalue weighted by Gasteiger charge is 2.55. The van der Waals surface area contributed by atoms with Gasteiger partial charge >= 0.3 is 0 Å². The lowest BCUT2D eigenvalue weighted by Gasteiger charge is -2.45. The van der Waals surface area contributed by atoms with E-state index in [1.54, 1.807) is 0 Å². The molecule has 7 nitrogen and oxygen atoms in total. The van der Waals surface area contributed by atoms with Crippen molar-refractivity contribution in [3.8, 4) is 0 Å². The molecular weight excluding hydrogens is 344 g/mol. The van der Waals surface area contributed by atoms with Gasteiger partial charge < -0.3 is 10.2 Å². The van der Waals surface area contributed by atoms with E-state index >= 15 is 0 Å². The van der Waals surface area contributed by atoms with Gasteiger partial charge in [0.1, 0.15) is 6.04 Å². The van der Waals surface area contributed by atoms with Crippen LogP contribution in [0.3, 0.4) is 0 Å². The van der Waals surface area contributed by atoms with Gasteiger partial charge in [0.2, 0.25) is 11.8 Å². The maximum atomic E-state index is 13.3. The van der Waals surface area contributed by atoms with E-state index in [0.717, 1.165) is 70.2 Å². The predicted octanol–water partition coefficient (Wildman–Crippen LogP) is 0.831. The molecule has 152 valence electrons. The molecule has 3 saturated heterocycles. The summed E-state index contributed by atoms with van der Waals surface area (Å²) in [6.45, 7) is 4.73. The lowest BCUT2D eigenvalue weighted by Crippen LogP contribution is -2.60. The third-order valence-corrected chi connectivity index (χ3v) is 7.65. The fraction of sp³-hybridized carbons (Fsp3) is 0.900. The molecule has 0 radical (unpaired) electrons. The first-order chi connectivity index (χ1) is 13.0. The average molecular weight is 379 g/mol. The van der Waals surface area contributed by atoms with Crippen LogP contribution in [-0.2, 0) is 9.59 Å². The van der Waals surface area contributed by atoms with Crippen molar-refractivity contribution in [3.05, 3.63) is 0 Å². The number of hydroxylamine groups is 1. The Morgan fingerprint density at radius 3 is 2.30 bits per heavy atom. The molecule has 1 saturated carbocycles. The highest BCUT2D eigenvalue weighted by Crippen LogP contribution is 2.54. The van der Waals surface area contributed by atoms with Gasteiger partial charge in [0.25, 0.3) is 0 Å². The monoisotopic (exact) mass is 378 g/mol. The van der Waals surface area contributed by atoms with Crippen LogP contribution in [-0.4, -0.2) is 72.6 Å². The van der Waals surface area contributed by atoms with Crippen LogP contribution < -0.4 is 10.8 Å². The van der Waals surface area contributed by atoms with Crippen LogP contribution in [0.5, 0.6) is 0 Å². The summed E-state index contributed by atoms with van der Waals surface area (Å²) in [7, 11) is 1.96. The first-order valence-corrected chi connectivity index (χ1v) is 10.7. The molecule has 0 aromatic heterocycles. The van der Waals surface area contributed by atoms with E-state index in [4.69, 9.17) is 0 Å². The maximum absolute atomic E-state index is 13.3. The molecule has 2 atom stereocenters. The summed E-state index contributed by atoms with van der Waals surface area (Å²) in [5.74, 6) is 0.738. The van der Waals surface area contributed by atoms with E-state index in [0.29, 0.717) is 6.42 Å². The highest BCUT2D eigenvalue weighted by atomic mass is 16.5. The fourth-order valence-corrected chi connectivity index (χ4v) is 5.89. The average Bonchev–Trinajstić information content (AvgIpc) is 3.45. The molecule has 3 N–H and O–H groups in total. The number of nitrogens with zero attached hydrogens (tertiary/aromatic N) is 2. The molecule has 0 aromatic rings. The van der Waals surface area contributed by atoms with Gasteiger partial charge in [-0.25, -0.2) is 5.48 Å². The lowest BCUT2D eigenvalue weighted by atomic mass is 9.78. The smallest absolute Gasteiger partial charge is 0.248 e. The summed E-state index contributed by atoms with van der Waals surface area (Å²) >= 11 is 0. The molecule has 4 rings (SSSR count). The molecule has 0 aromatic carbocycles. The summed E-state index contributed by atoms with van der Waals surface area (Å²) in [6.07, 6.45) is 7.62. The van der Waals surface area contributed by atoms with E-state index in [9.17, 15) is 14.8 Å². The van der Waals surface area contributed by atoms with Crippen LogP contribution in [0.1, 0.15) is 44.9 Å². The summed E-state index contributed by atoms with van der Waals surface area (Å²) in [5.41, 5.74) is 2.00. The Kier molecular flexibility index (Phi) is 5.45. The van der Waals surface area contributed by atoms with Crippen LogP contribution in [0.4, 0.5) is 0 Å². The maximum Gasteiger partial charge on any atom is 0.248 e. The van der Waals surface area contributed by atoms with Gasteiger partial charge in [0.15, 0.2) is 0 Å². The van der Waals surface area contributed by atoms with Gasteiger partial charge in [-0.1, -0.05) is 0 Å². The van der Waals surface area contributed by atoms with Gasteiger partial charge in [0, 0.05) is 19.6 Å². The van der Waals surface area contributed by atoms with Gasteiger partial charge in [-0.2, -0.15) is 0 Å². The normalized spacial score (nSPS) is 32.4. The number of likely N-dealkylation sites (tertiary alicyclic amines) is 2. The van der Waals surface area contributed by atoms with E-state index in [2.05, 4.69) is 10.2 Å². The quantitative estimate of drug-likeness (QED) is 0.500. The van der Waals surface area contributed by atoms with E-state index < -0.39 is 17.9 Å². The second-order valence-corrected chi connectivity index (χ2v) is 9.40. The minimum absolute atomic E-state index is 0.0744. The Bertz CT molecular complexity index is 566. The van der Waals surface area contributed by atoms with Gasteiger partial charge in [0.05, 0.1) is 5.92 Å². The third-order valence-electron chi connectivity index (χ3n) is 7.65. The number of hydrogen-bond donors (Lipinski definition) is 3. The van der Waals surface area contributed by atoms with Gasteiger partial charge in [-0.15, -0.1) is 0 Å². The van der Waals surface area contributed by atoms with Crippen LogP contribution in [0.25, 0.3) is 0 Å². The number of rotatable bonds is 3. The Hall–Kier alpha value is -1.18. The number of likely N-dealkylation sites (N-methyl/N-ethyl adjacent to an activating group) is 1. The van der Waals surface area contributed by atoms with Crippen LogP contribution in [0, 0.1) is 23.2 Å². The number of carbonyl (C=O) groups excluding carboxylic acids is 2. The zero-order chi connectivity index (χ0) is 19.0. The van der Waals surface area contributed by atoms with E-state index in [-0.39, 0.29) is 11.3 Å². The summed E-state index contributed by atoms with van der Waals surface area (Å²) in [6, 6.07) is -0.446. The summed E-state index contributed by atoms with van der Waals surface area (Å²) < 4.78 is 0. The minimum Gasteiger partial charge on any atom is -0.341 e. The number of piperidine rings is 3. The van der Waals surface area contributed by atoms with Gasteiger partial charge in [-0.3, -0.25) is 19.7 Å². The van der Waals surface area contributed by atoms with Crippen molar-refractivity contribution in [1.82, 2.24) is 20.6 Å². The molecule has 4 fully saturated rings. The van der Waals surface area contributed by atoms with Gasteiger partial charge in [-0.05, 0) is 82.3 Å². The summed E-state index contributed by atoms with van der Waals surface area (Å²) in [4.78, 5) is 29.7. The van der Waals surface area contributed by atoms with Crippen molar-refractivity contribution in [2.45, 2.75) is 51.0 Å². The molecule has 3 heterocycles. The van der Waals surface area contributed by atoms with Crippen molar-refractivity contribution in [1.29, 1.82) is 0 Å². The number of nitrogens with one attached hydrogen (secondary N) is 2. The molecule has 2 amide bonds. The number of carbonyl (C=O) groups is 2. The largest absolute Gasteiger partial charge is 0.341 e. The topological polar surface area (TPSA) is 84.9 Å². The number of hydrogen-bond acceptors (Lipinski definition) is 5. The minimum atomic E-state index is -0.453. The van der Waals surface area contributed by atoms with Crippen molar-refractivity contribution >= 4 is 11.8 Å². The Morgan fingerprint density at radius 2 is 1.70 bits per heavy atom. The molecule has 4 aliphatic rings. The molecule has 7 heteroatoms. The first kappa shape index (κ1) is 19.2.